The van der Waals surface area contributed by atoms with Crippen LogP contribution in [0.3, 0.4) is 0 Å². The molecule has 1 aromatic carbocycles. The summed E-state index contributed by atoms with van der Waals surface area (Å²) in [5, 5.41) is 3.17. The van der Waals surface area contributed by atoms with E-state index in [0.717, 1.165) is 6.54 Å². The molecule has 1 amide bonds. The topological polar surface area (TPSA) is 64.3 Å². The quantitative estimate of drug-likeness (QED) is 0.714. The van der Waals surface area contributed by atoms with Crippen molar-refractivity contribution in [3.8, 4) is 0 Å². The lowest BCUT2D eigenvalue weighted by molar-refractivity contribution is 0.157. The summed E-state index contributed by atoms with van der Waals surface area (Å²) in [6.07, 6.45) is -0.729. The number of amides is 1. The van der Waals surface area contributed by atoms with Gasteiger partial charge in [0.25, 0.3) is 0 Å². The van der Waals surface area contributed by atoms with Crippen LogP contribution in [0.25, 0.3) is 0 Å². The van der Waals surface area contributed by atoms with Crippen LogP contribution < -0.4 is 11.1 Å². The number of nitrogens with two attached hydrogens (primary N) is 1. The van der Waals surface area contributed by atoms with Crippen LogP contribution in [0.5, 0.6) is 0 Å². The summed E-state index contributed by atoms with van der Waals surface area (Å²) in [6.45, 7) is 3.75. The molecule has 4 nitrogen and oxygen atoms in total. The Hall–Kier alpha value is -1.55. The van der Waals surface area contributed by atoms with E-state index in [0.29, 0.717) is 13.2 Å². The zero-order valence-corrected chi connectivity index (χ0v) is 8.82. The van der Waals surface area contributed by atoms with Gasteiger partial charge in [-0.2, -0.15) is 0 Å². The minimum atomic E-state index is -0.729. The van der Waals surface area contributed by atoms with Crippen LogP contribution in [-0.2, 0) is 11.3 Å². The van der Waals surface area contributed by atoms with E-state index in [1.807, 2.05) is 12.1 Å². The second-order valence-electron chi connectivity index (χ2n) is 3.27. The molecule has 0 atom stereocenters. The minimum Gasteiger partial charge on any atom is -0.448 e. The lowest BCUT2D eigenvalue weighted by atomic mass is 10.1. The zero-order valence-electron chi connectivity index (χ0n) is 8.82. The fourth-order valence-electron chi connectivity index (χ4n) is 1.26. The van der Waals surface area contributed by atoms with Crippen molar-refractivity contribution >= 4 is 6.09 Å². The van der Waals surface area contributed by atoms with E-state index >= 15 is 0 Å². The normalized spacial score (nSPS) is 9.93. The third kappa shape index (κ3) is 4.46. The van der Waals surface area contributed by atoms with Gasteiger partial charge < -0.3 is 15.8 Å². The maximum atomic E-state index is 10.3. The van der Waals surface area contributed by atoms with Gasteiger partial charge in [0.05, 0.1) is 0 Å². The molecule has 82 valence electrons. The van der Waals surface area contributed by atoms with Crippen molar-refractivity contribution in [3.05, 3.63) is 35.4 Å². The zero-order chi connectivity index (χ0) is 11.1. The third-order valence-corrected chi connectivity index (χ3v) is 2.10. The minimum absolute atomic E-state index is 0.307. The van der Waals surface area contributed by atoms with Crippen molar-refractivity contribution in [2.45, 2.75) is 13.5 Å². The van der Waals surface area contributed by atoms with Gasteiger partial charge in [0.2, 0.25) is 0 Å². The molecule has 0 fully saturated rings. The van der Waals surface area contributed by atoms with Crippen molar-refractivity contribution in [1.82, 2.24) is 5.32 Å². The second kappa shape index (κ2) is 6.03. The monoisotopic (exact) mass is 208 g/mol. The fourth-order valence-corrected chi connectivity index (χ4v) is 1.26. The highest BCUT2D eigenvalue weighted by Crippen LogP contribution is 2.05. The predicted octanol–water partition coefficient (Wildman–Crippen LogP) is 1.18. The van der Waals surface area contributed by atoms with Crippen LogP contribution in [0.15, 0.2) is 24.3 Å². The van der Waals surface area contributed by atoms with Gasteiger partial charge in [-0.3, -0.25) is 0 Å². The molecule has 1 aromatic rings. The van der Waals surface area contributed by atoms with E-state index in [1.165, 1.54) is 11.1 Å². The van der Waals surface area contributed by atoms with Crippen molar-refractivity contribution in [1.29, 1.82) is 0 Å². The highest BCUT2D eigenvalue weighted by atomic mass is 16.5. The van der Waals surface area contributed by atoms with Crippen LogP contribution in [0, 0.1) is 6.92 Å². The summed E-state index contributed by atoms with van der Waals surface area (Å²) in [4.78, 5) is 10.3. The van der Waals surface area contributed by atoms with Crippen molar-refractivity contribution in [2.24, 2.45) is 5.73 Å². The summed E-state index contributed by atoms with van der Waals surface area (Å²) in [6, 6.07) is 8.15. The molecule has 0 heterocycles. The highest BCUT2D eigenvalue weighted by Gasteiger charge is 1.96. The number of primary amides is 1. The molecule has 0 aromatic heterocycles. The van der Waals surface area contributed by atoms with Crippen LogP contribution in [0.2, 0.25) is 0 Å². The Bertz CT molecular complexity index is 326. The lowest BCUT2D eigenvalue weighted by Crippen LogP contribution is -2.23. The van der Waals surface area contributed by atoms with Gasteiger partial charge in [0.1, 0.15) is 6.61 Å². The molecular formula is C11H16N2O2. The number of nitrogens with one attached hydrogen (secondary N) is 1. The molecule has 0 bridgehead atoms. The van der Waals surface area contributed by atoms with Gasteiger partial charge in [-0.15, -0.1) is 0 Å². The van der Waals surface area contributed by atoms with Crippen molar-refractivity contribution in [3.63, 3.8) is 0 Å². The molecule has 1 rings (SSSR count). The molecule has 3 N–H and O–H groups in total. The first-order chi connectivity index (χ1) is 7.20. The number of aryl methyl sites for hydroxylation is 1. The van der Waals surface area contributed by atoms with Gasteiger partial charge >= 0.3 is 6.09 Å². The third-order valence-electron chi connectivity index (χ3n) is 2.10. The van der Waals surface area contributed by atoms with E-state index in [-0.39, 0.29) is 0 Å². The largest absolute Gasteiger partial charge is 0.448 e. The number of hydrogen-bond acceptors (Lipinski definition) is 3. The number of carbonyl (C=O) groups is 1. The first kappa shape index (κ1) is 11.5. The first-order valence-electron chi connectivity index (χ1n) is 4.87. The summed E-state index contributed by atoms with van der Waals surface area (Å²) in [5.41, 5.74) is 7.32. The van der Waals surface area contributed by atoms with E-state index < -0.39 is 6.09 Å². The Morgan fingerprint density at radius 3 is 2.87 bits per heavy atom. The Labute approximate surface area is 89.4 Å². The van der Waals surface area contributed by atoms with E-state index in [2.05, 4.69) is 29.1 Å². The Morgan fingerprint density at radius 2 is 2.20 bits per heavy atom. The lowest BCUT2D eigenvalue weighted by Gasteiger charge is -2.07. The van der Waals surface area contributed by atoms with Crippen molar-refractivity contribution < 1.29 is 9.53 Å². The number of ether oxygens (including phenoxy) is 1. The smallest absolute Gasteiger partial charge is 0.404 e. The van der Waals surface area contributed by atoms with Gasteiger partial charge in [-0.05, 0) is 18.1 Å². The number of benzene rings is 1. The molecular weight excluding hydrogens is 192 g/mol. The summed E-state index contributed by atoms with van der Waals surface area (Å²) in [5.74, 6) is 0. The SMILES string of the molecule is Cc1ccccc1CNCCOC(N)=O. The first-order valence-corrected chi connectivity index (χ1v) is 4.87. The summed E-state index contributed by atoms with van der Waals surface area (Å²) in [7, 11) is 0. The van der Waals surface area contributed by atoms with Crippen LogP contribution in [0.4, 0.5) is 4.79 Å². The van der Waals surface area contributed by atoms with Crippen LogP contribution in [0.1, 0.15) is 11.1 Å². The fraction of sp³-hybridized carbons (Fsp3) is 0.364. The van der Waals surface area contributed by atoms with Crippen LogP contribution >= 0.6 is 0 Å². The van der Waals surface area contributed by atoms with Gasteiger partial charge in [-0.25, -0.2) is 4.79 Å². The Morgan fingerprint density at radius 1 is 1.47 bits per heavy atom. The molecule has 15 heavy (non-hydrogen) atoms. The molecule has 4 heteroatoms. The maximum absolute atomic E-state index is 10.3. The van der Waals surface area contributed by atoms with Crippen molar-refractivity contribution in [2.75, 3.05) is 13.2 Å². The molecule has 0 saturated carbocycles. The predicted molar refractivity (Wildman–Crippen MR) is 58.4 cm³/mol. The number of carbonyl (C=O) groups excluding carboxylic acids is 1. The van der Waals surface area contributed by atoms with E-state index in [9.17, 15) is 4.79 Å². The standard InChI is InChI=1S/C11H16N2O2/c1-9-4-2-3-5-10(9)8-13-6-7-15-11(12)14/h2-5,13H,6-8H2,1H3,(H2,12,14). The summed E-state index contributed by atoms with van der Waals surface area (Å²) < 4.78 is 4.59. The molecule has 0 spiro atoms. The average molecular weight is 208 g/mol. The second-order valence-corrected chi connectivity index (χ2v) is 3.27. The Balaban J connectivity index is 2.21. The Kier molecular flexibility index (Phi) is 4.63. The highest BCUT2D eigenvalue weighted by molar-refractivity contribution is 5.64. The molecule has 0 unspecified atom stereocenters. The molecule has 0 saturated heterocycles. The average Bonchev–Trinajstić information content (AvgIpc) is 2.20. The van der Waals surface area contributed by atoms with Gasteiger partial charge in [-0.1, -0.05) is 24.3 Å². The molecule has 0 radical (unpaired) electrons. The molecule has 0 aliphatic heterocycles. The molecule has 0 aliphatic carbocycles. The van der Waals surface area contributed by atoms with Gasteiger partial charge in [0.15, 0.2) is 0 Å². The van der Waals surface area contributed by atoms with E-state index in [4.69, 9.17) is 5.73 Å². The molecule has 0 aliphatic rings. The van der Waals surface area contributed by atoms with Crippen LogP contribution in [-0.4, -0.2) is 19.2 Å². The maximum Gasteiger partial charge on any atom is 0.404 e. The number of rotatable bonds is 5. The van der Waals surface area contributed by atoms with Gasteiger partial charge in [0, 0.05) is 13.1 Å². The van der Waals surface area contributed by atoms with E-state index in [1.54, 1.807) is 0 Å². The number of hydrogen-bond donors (Lipinski definition) is 2. The summed E-state index contributed by atoms with van der Waals surface area (Å²) >= 11 is 0.